The van der Waals surface area contributed by atoms with E-state index in [2.05, 4.69) is 20.1 Å². The van der Waals surface area contributed by atoms with Crippen LogP contribution in [0.3, 0.4) is 0 Å². The fourth-order valence-electron chi connectivity index (χ4n) is 1.56. The normalized spacial score (nSPS) is 10.6. The summed E-state index contributed by atoms with van der Waals surface area (Å²) in [6.45, 7) is 0. The second kappa shape index (κ2) is 4.74. The highest BCUT2D eigenvalue weighted by atomic mass is 35.5. The van der Waals surface area contributed by atoms with Gasteiger partial charge in [-0.05, 0) is 41.9 Å². The summed E-state index contributed by atoms with van der Waals surface area (Å²) in [5, 5.41) is 4.08. The molecule has 0 bridgehead atoms. The number of rotatable bonds is 2. The molecule has 0 amide bonds. The van der Waals surface area contributed by atoms with Crippen molar-refractivity contribution in [3.05, 3.63) is 53.8 Å². The van der Waals surface area contributed by atoms with E-state index in [4.69, 9.17) is 11.6 Å². The molecule has 3 rings (SSSR count). The van der Waals surface area contributed by atoms with E-state index in [0.29, 0.717) is 17.3 Å². The van der Waals surface area contributed by atoms with Crippen molar-refractivity contribution in [1.82, 2.24) is 24.7 Å². The molecule has 19 heavy (non-hydrogen) atoms. The maximum atomic E-state index is 12.9. The molecule has 0 saturated carbocycles. The van der Waals surface area contributed by atoms with Gasteiger partial charge in [-0.2, -0.15) is 20.1 Å². The van der Waals surface area contributed by atoms with Gasteiger partial charge in [0.15, 0.2) is 5.82 Å². The monoisotopic (exact) mass is 275 g/mol. The van der Waals surface area contributed by atoms with Crippen molar-refractivity contribution in [3.63, 3.8) is 0 Å². The quantitative estimate of drug-likeness (QED) is 0.721. The molecule has 0 radical (unpaired) electrons. The Hall–Kier alpha value is -2.34. The van der Waals surface area contributed by atoms with Crippen LogP contribution in [0.25, 0.3) is 17.3 Å². The van der Waals surface area contributed by atoms with Gasteiger partial charge in [-0.1, -0.05) is 0 Å². The fraction of sp³-hybridized carbons (Fsp3) is 0. The highest BCUT2D eigenvalue weighted by Crippen LogP contribution is 2.17. The number of hydrogen-bond donors (Lipinski definition) is 0. The van der Waals surface area contributed by atoms with Crippen molar-refractivity contribution < 1.29 is 4.39 Å². The average Bonchev–Trinajstić information content (AvgIpc) is 2.93. The number of hydrogen-bond acceptors (Lipinski definition) is 4. The smallest absolute Gasteiger partial charge is 0.207 e. The second-order valence-electron chi connectivity index (χ2n) is 3.69. The van der Waals surface area contributed by atoms with Gasteiger partial charge in [-0.3, -0.25) is 0 Å². The van der Waals surface area contributed by atoms with Gasteiger partial charge in [0.1, 0.15) is 5.82 Å². The Bertz CT molecular complexity index is 697. The molecule has 5 nitrogen and oxygen atoms in total. The molecule has 94 valence electrons. The number of benzene rings is 1. The fourth-order valence-corrected chi connectivity index (χ4v) is 1.71. The minimum absolute atomic E-state index is 0.0554. The molecule has 0 fully saturated rings. The summed E-state index contributed by atoms with van der Waals surface area (Å²) in [7, 11) is 0. The van der Waals surface area contributed by atoms with Crippen LogP contribution in [0.1, 0.15) is 0 Å². The van der Waals surface area contributed by atoms with Crippen LogP contribution in [0, 0.1) is 5.82 Å². The van der Waals surface area contributed by atoms with Crippen LogP contribution in [0.5, 0.6) is 0 Å². The molecule has 2 aromatic heterocycles. The largest absolute Gasteiger partial charge is 0.255 e. The summed E-state index contributed by atoms with van der Waals surface area (Å²) in [5.74, 6) is 0.353. The molecule has 0 saturated heterocycles. The molecule has 0 aliphatic carbocycles. The molecular formula is C12H7ClFN5. The van der Waals surface area contributed by atoms with Crippen LogP contribution in [-0.4, -0.2) is 24.7 Å². The maximum Gasteiger partial charge on any atom is 0.255 e. The lowest BCUT2D eigenvalue weighted by Gasteiger charge is -2.04. The minimum atomic E-state index is -0.323. The number of nitrogens with zero attached hydrogens (tertiary/aromatic N) is 5. The highest BCUT2D eigenvalue weighted by Gasteiger charge is 2.09. The molecule has 0 spiro atoms. The molecule has 0 aliphatic heterocycles. The van der Waals surface area contributed by atoms with E-state index in [1.54, 1.807) is 30.6 Å². The van der Waals surface area contributed by atoms with E-state index >= 15 is 0 Å². The van der Waals surface area contributed by atoms with Gasteiger partial charge in [0, 0.05) is 18.0 Å². The molecule has 3 aromatic rings. The first-order chi connectivity index (χ1) is 9.22. The van der Waals surface area contributed by atoms with E-state index in [0.717, 1.165) is 0 Å². The highest BCUT2D eigenvalue weighted by molar-refractivity contribution is 6.28. The maximum absolute atomic E-state index is 12.9. The van der Waals surface area contributed by atoms with Crippen molar-refractivity contribution >= 4 is 11.6 Å². The first-order valence-corrected chi connectivity index (χ1v) is 5.78. The van der Waals surface area contributed by atoms with Crippen molar-refractivity contribution in [1.29, 1.82) is 0 Å². The van der Waals surface area contributed by atoms with E-state index in [9.17, 15) is 4.39 Å². The predicted molar refractivity (Wildman–Crippen MR) is 67.4 cm³/mol. The van der Waals surface area contributed by atoms with E-state index < -0.39 is 0 Å². The molecule has 0 atom stereocenters. The summed E-state index contributed by atoms with van der Waals surface area (Å²) in [6.07, 6.45) is 3.30. The number of halogens is 2. The lowest BCUT2D eigenvalue weighted by atomic mass is 10.2. The molecule has 2 heterocycles. The van der Waals surface area contributed by atoms with E-state index in [1.807, 2.05) is 0 Å². The van der Waals surface area contributed by atoms with Gasteiger partial charge in [-0.15, -0.1) is 0 Å². The van der Waals surface area contributed by atoms with E-state index in [1.165, 1.54) is 16.8 Å². The molecule has 0 unspecified atom stereocenters. The van der Waals surface area contributed by atoms with Gasteiger partial charge in [0.2, 0.25) is 5.28 Å². The van der Waals surface area contributed by atoms with Gasteiger partial charge in [-0.25, -0.2) is 9.07 Å². The molecule has 0 N–H and O–H groups in total. The summed E-state index contributed by atoms with van der Waals surface area (Å²) in [6, 6.07) is 7.57. The zero-order valence-electron chi connectivity index (χ0n) is 9.53. The summed E-state index contributed by atoms with van der Waals surface area (Å²) in [5.41, 5.74) is 0.652. The Morgan fingerprint density at radius 1 is 1.05 bits per heavy atom. The van der Waals surface area contributed by atoms with Crippen molar-refractivity contribution in [2.75, 3.05) is 0 Å². The Labute approximate surface area is 112 Å². The lowest BCUT2D eigenvalue weighted by Crippen LogP contribution is -2.04. The van der Waals surface area contributed by atoms with Crippen LogP contribution in [0.15, 0.2) is 42.7 Å². The summed E-state index contributed by atoms with van der Waals surface area (Å²) >= 11 is 5.87. The number of aromatic nitrogens is 5. The average molecular weight is 276 g/mol. The van der Waals surface area contributed by atoms with E-state index in [-0.39, 0.29) is 11.1 Å². The zero-order valence-corrected chi connectivity index (χ0v) is 10.3. The summed E-state index contributed by atoms with van der Waals surface area (Å²) < 4.78 is 14.4. The SMILES string of the molecule is Fc1ccc(-c2nc(Cl)nc(-n3cccn3)n2)cc1. The van der Waals surface area contributed by atoms with Gasteiger partial charge < -0.3 is 0 Å². The van der Waals surface area contributed by atoms with Crippen LogP contribution >= 0.6 is 11.6 Å². The topological polar surface area (TPSA) is 56.5 Å². The van der Waals surface area contributed by atoms with Crippen LogP contribution in [0.2, 0.25) is 5.28 Å². The summed E-state index contributed by atoms with van der Waals surface area (Å²) in [4.78, 5) is 12.3. The van der Waals surface area contributed by atoms with Gasteiger partial charge in [0.25, 0.3) is 5.95 Å². The van der Waals surface area contributed by atoms with Gasteiger partial charge >= 0.3 is 0 Å². The Morgan fingerprint density at radius 2 is 1.84 bits per heavy atom. The first kappa shape index (κ1) is 11.7. The van der Waals surface area contributed by atoms with Crippen molar-refractivity contribution in [2.24, 2.45) is 0 Å². The first-order valence-electron chi connectivity index (χ1n) is 5.40. The molecule has 0 aliphatic rings. The van der Waals surface area contributed by atoms with Crippen LogP contribution in [0.4, 0.5) is 4.39 Å². The minimum Gasteiger partial charge on any atom is -0.207 e. The third-order valence-corrected chi connectivity index (χ3v) is 2.58. The van der Waals surface area contributed by atoms with Crippen LogP contribution in [-0.2, 0) is 0 Å². The second-order valence-corrected chi connectivity index (χ2v) is 4.02. The molecule has 7 heteroatoms. The third kappa shape index (κ3) is 2.43. The van der Waals surface area contributed by atoms with Crippen molar-refractivity contribution in [2.45, 2.75) is 0 Å². The standard InChI is InChI=1S/C12H7ClFN5/c13-11-16-10(8-2-4-9(14)5-3-8)17-12(18-11)19-7-1-6-15-19/h1-7H. The Balaban J connectivity index is 2.10. The Kier molecular flexibility index (Phi) is 2.92. The molecule has 1 aromatic carbocycles. The Morgan fingerprint density at radius 3 is 2.53 bits per heavy atom. The molecular weight excluding hydrogens is 269 g/mol. The third-order valence-electron chi connectivity index (χ3n) is 2.41. The van der Waals surface area contributed by atoms with Gasteiger partial charge in [0.05, 0.1) is 0 Å². The zero-order chi connectivity index (χ0) is 13.2. The predicted octanol–water partition coefficient (Wildman–Crippen LogP) is 2.52. The van der Waals surface area contributed by atoms with Crippen LogP contribution < -0.4 is 0 Å². The van der Waals surface area contributed by atoms with Crippen molar-refractivity contribution in [3.8, 4) is 17.3 Å². The lowest BCUT2D eigenvalue weighted by molar-refractivity contribution is 0.628.